The van der Waals surface area contributed by atoms with Gasteiger partial charge in [0.2, 0.25) is 0 Å². The highest BCUT2D eigenvalue weighted by atomic mass is 32.1. The van der Waals surface area contributed by atoms with Gasteiger partial charge >= 0.3 is 0 Å². The molecule has 5 nitrogen and oxygen atoms in total. The van der Waals surface area contributed by atoms with Crippen LogP contribution in [0.3, 0.4) is 0 Å². The van der Waals surface area contributed by atoms with Crippen LogP contribution in [0.15, 0.2) is 64.9 Å². The molecule has 0 aliphatic carbocycles. The SMILES string of the molecule is O=c1[nH]c(-c2cccs2)nc2c1CN(Cc1ccc(-c3cccc(F)c3)nc1)CC2. The Bertz CT molecular complexity index is 1240. The van der Waals surface area contributed by atoms with Crippen LogP contribution in [0.1, 0.15) is 16.8 Å². The van der Waals surface area contributed by atoms with Gasteiger partial charge in [-0.25, -0.2) is 9.37 Å². The van der Waals surface area contributed by atoms with Crippen LogP contribution in [0.2, 0.25) is 0 Å². The Hall–Kier alpha value is -3.16. The van der Waals surface area contributed by atoms with Crippen molar-refractivity contribution >= 4 is 11.3 Å². The van der Waals surface area contributed by atoms with Gasteiger partial charge in [0.25, 0.3) is 5.56 Å². The quantitative estimate of drug-likeness (QED) is 0.538. The van der Waals surface area contributed by atoms with Crippen LogP contribution in [0.5, 0.6) is 0 Å². The molecule has 0 bridgehead atoms. The van der Waals surface area contributed by atoms with E-state index < -0.39 is 0 Å². The highest BCUT2D eigenvalue weighted by Crippen LogP contribution is 2.23. The van der Waals surface area contributed by atoms with E-state index in [0.717, 1.165) is 45.9 Å². The minimum Gasteiger partial charge on any atom is -0.306 e. The van der Waals surface area contributed by atoms with Crippen molar-refractivity contribution < 1.29 is 4.39 Å². The van der Waals surface area contributed by atoms with Crippen molar-refractivity contribution in [1.29, 1.82) is 0 Å². The van der Waals surface area contributed by atoms with E-state index in [0.29, 0.717) is 18.9 Å². The van der Waals surface area contributed by atoms with Crippen LogP contribution in [0, 0.1) is 5.82 Å². The summed E-state index contributed by atoms with van der Waals surface area (Å²) >= 11 is 1.57. The molecule has 0 radical (unpaired) electrons. The summed E-state index contributed by atoms with van der Waals surface area (Å²) in [5.74, 6) is 0.380. The van der Waals surface area contributed by atoms with Crippen molar-refractivity contribution in [1.82, 2.24) is 19.9 Å². The molecule has 1 aromatic carbocycles. The van der Waals surface area contributed by atoms with Crippen molar-refractivity contribution in [2.45, 2.75) is 19.5 Å². The molecule has 30 heavy (non-hydrogen) atoms. The Morgan fingerprint density at radius 2 is 2.10 bits per heavy atom. The standard InChI is InChI=1S/C23H19FN4OS/c24-17-4-1-3-16(11-17)19-7-6-15(12-25-19)13-28-9-8-20-18(14-28)23(29)27-22(26-20)21-5-2-10-30-21/h1-7,10-12H,8-9,13-14H2,(H,26,27,29). The number of fused-ring (bicyclic) bond motifs is 1. The minimum atomic E-state index is -0.272. The summed E-state index contributed by atoms with van der Waals surface area (Å²) in [5.41, 5.74) is 4.12. The third kappa shape index (κ3) is 3.81. The lowest BCUT2D eigenvalue weighted by Crippen LogP contribution is -2.35. The second kappa shape index (κ2) is 7.93. The Morgan fingerprint density at radius 1 is 1.17 bits per heavy atom. The van der Waals surface area contributed by atoms with Gasteiger partial charge in [-0.3, -0.25) is 14.7 Å². The lowest BCUT2D eigenvalue weighted by atomic mass is 10.1. The first-order valence-electron chi connectivity index (χ1n) is 9.75. The number of thiophene rings is 1. The Balaban J connectivity index is 1.31. The number of H-pyrrole nitrogens is 1. The number of nitrogens with zero attached hydrogens (tertiary/aromatic N) is 3. The normalized spacial score (nSPS) is 13.9. The maximum atomic E-state index is 13.4. The maximum Gasteiger partial charge on any atom is 0.255 e. The maximum absolute atomic E-state index is 13.4. The summed E-state index contributed by atoms with van der Waals surface area (Å²) in [6.07, 6.45) is 2.56. The average molecular weight is 418 g/mol. The van der Waals surface area contributed by atoms with E-state index in [1.165, 1.54) is 12.1 Å². The summed E-state index contributed by atoms with van der Waals surface area (Å²) in [6.45, 7) is 2.09. The Kier molecular flexibility index (Phi) is 4.98. The molecule has 0 atom stereocenters. The van der Waals surface area contributed by atoms with E-state index in [9.17, 15) is 9.18 Å². The van der Waals surface area contributed by atoms with E-state index in [-0.39, 0.29) is 11.4 Å². The van der Waals surface area contributed by atoms with Gasteiger partial charge in [0.1, 0.15) is 5.82 Å². The molecule has 0 spiro atoms. The molecule has 0 fully saturated rings. The lowest BCUT2D eigenvalue weighted by molar-refractivity contribution is 0.241. The smallest absolute Gasteiger partial charge is 0.255 e. The molecule has 3 aromatic heterocycles. The monoisotopic (exact) mass is 418 g/mol. The summed E-state index contributed by atoms with van der Waals surface area (Å²) in [5, 5.41) is 1.98. The second-order valence-electron chi connectivity index (χ2n) is 7.34. The highest BCUT2D eigenvalue weighted by molar-refractivity contribution is 7.13. The average Bonchev–Trinajstić information content (AvgIpc) is 3.30. The van der Waals surface area contributed by atoms with Crippen molar-refractivity contribution in [3.63, 3.8) is 0 Å². The molecular formula is C23H19FN4OS. The van der Waals surface area contributed by atoms with E-state index in [4.69, 9.17) is 4.98 Å². The fourth-order valence-electron chi connectivity index (χ4n) is 3.74. The Morgan fingerprint density at radius 3 is 2.87 bits per heavy atom. The number of aromatic nitrogens is 3. The zero-order valence-electron chi connectivity index (χ0n) is 16.1. The van der Waals surface area contributed by atoms with Crippen LogP contribution in [-0.4, -0.2) is 26.4 Å². The van der Waals surface area contributed by atoms with Crippen LogP contribution < -0.4 is 5.56 Å². The first-order chi connectivity index (χ1) is 14.7. The number of pyridine rings is 1. The lowest BCUT2D eigenvalue weighted by Gasteiger charge is -2.27. The van der Waals surface area contributed by atoms with Crippen molar-refractivity contribution in [3.8, 4) is 22.0 Å². The van der Waals surface area contributed by atoms with E-state index in [1.54, 1.807) is 17.4 Å². The largest absolute Gasteiger partial charge is 0.306 e. The van der Waals surface area contributed by atoms with E-state index in [2.05, 4.69) is 14.9 Å². The van der Waals surface area contributed by atoms with Gasteiger partial charge in [-0.2, -0.15) is 0 Å². The predicted octanol–water partition coefficient (Wildman–Crippen LogP) is 4.26. The topological polar surface area (TPSA) is 61.9 Å². The van der Waals surface area contributed by atoms with Crippen LogP contribution in [-0.2, 0) is 19.5 Å². The first-order valence-corrected chi connectivity index (χ1v) is 10.6. The molecule has 7 heteroatoms. The first kappa shape index (κ1) is 18.8. The number of aromatic amines is 1. The number of rotatable bonds is 4. The number of nitrogens with one attached hydrogen (secondary N) is 1. The van der Waals surface area contributed by atoms with Crippen molar-refractivity contribution in [2.24, 2.45) is 0 Å². The molecule has 150 valence electrons. The number of halogens is 1. The zero-order chi connectivity index (χ0) is 20.5. The summed E-state index contributed by atoms with van der Waals surface area (Å²) in [7, 11) is 0. The van der Waals surface area contributed by atoms with Gasteiger partial charge < -0.3 is 4.98 Å². The predicted molar refractivity (Wildman–Crippen MR) is 116 cm³/mol. The molecular weight excluding hydrogens is 399 g/mol. The van der Waals surface area contributed by atoms with Gasteiger partial charge in [0, 0.05) is 37.8 Å². The third-order valence-electron chi connectivity index (χ3n) is 5.25. The van der Waals surface area contributed by atoms with Gasteiger partial charge in [-0.15, -0.1) is 11.3 Å². The van der Waals surface area contributed by atoms with Crippen LogP contribution >= 0.6 is 11.3 Å². The number of hydrogen-bond acceptors (Lipinski definition) is 5. The molecule has 0 amide bonds. The molecule has 1 aliphatic heterocycles. The summed E-state index contributed by atoms with van der Waals surface area (Å²) < 4.78 is 13.4. The molecule has 1 N–H and O–H groups in total. The molecule has 0 saturated heterocycles. The number of hydrogen-bond donors (Lipinski definition) is 1. The van der Waals surface area contributed by atoms with Gasteiger partial charge in [0.15, 0.2) is 5.82 Å². The molecule has 5 rings (SSSR count). The summed E-state index contributed by atoms with van der Waals surface area (Å²) in [4.78, 5) is 28.0. The van der Waals surface area contributed by atoms with E-state index >= 15 is 0 Å². The Labute approximate surface area is 176 Å². The fraction of sp³-hybridized carbons (Fsp3) is 0.174. The minimum absolute atomic E-state index is 0.0623. The second-order valence-corrected chi connectivity index (χ2v) is 8.29. The van der Waals surface area contributed by atoms with Crippen molar-refractivity contribution in [2.75, 3.05) is 6.54 Å². The molecule has 4 heterocycles. The van der Waals surface area contributed by atoms with Crippen molar-refractivity contribution in [3.05, 3.63) is 93.1 Å². The number of benzene rings is 1. The van der Waals surface area contributed by atoms with Gasteiger partial charge in [-0.05, 0) is 35.2 Å². The van der Waals surface area contributed by atoms with Crippen LogP contribution in [0.25, 0.3) is 22.0 Å². The fourth-order valence-corrected chi connectivity index (χ4v) is 4.41. The summed E-state index contributed by atoms with van der Waals surface area (Å²) in [6, 6.07) is 14.3. The van der Waals surface area contributed by atoms with E-state index in [1.807, 2.05) is 41.9 Å². The molecule has 0 unspecified atom stereocenters. The molecule has 1 aliphatic rings. The van der Waals surface area contributed by atoms with Gasteiger partial charge in [0.05, 0.1) is 21.8 Å². The third-order valence-corrected chi connectivity index (χ3v) is 6.13. The van der Waals surface area contributed by atoms with Crippen LogP contribution in [0.4, 0.5) is 4.39 Å². The zero-order valence-corrected chi connectivity index (χ0v) is 17.0. The highest BCUT2D eigenvalue weighted by Gasteiger charge is 2.22. The molecule has 0 saturated carbocycles. The molecule has 4 aromatic rings. The van der Waals surface area contributed by atoms with Gasteiger partial charge in [-0.1, -0.05) is 24.3 Å².